The maximum Gasteiger partial charge on any atom is 0.408 e. The van der Waals surface area contributed by atoms with Crippen LogP contribution in [0.1, 0.15) is 64.3 Å². The molecule has 3 amide bonds. The molecule has 0 aliphatic carbocycles. The highest BCUT2D eigenvalue weighted by molar-refractivity contribution is 5.92. The Morgan fingerprint density at radius 2 is 1.76 bits per heavy atom. The van der Waals surface area contributed by atoms with Gasteiger partial charge >= 0.3 is 6.09 Å². The molecule has 33 heavy (non-hydrogen) atoms. The van der Waals surface area contributed by atoms with Crippen molar-refractivity contribution in [3.8, 4) is 6.07 Å². The molecular weight excluding hydrogens is 424 g/mol. The number of aliphatic hydroxyl groups is 1. The number of nitriles is 1. The number of aryl methyl sites for hydroxylation is 1. The summed E-state index contributed by atoms with van der Waals surface area (Å²) < 4.78 is 5.18. The molecular formula is C24H36N4O5. The van der Waals surface area contributed by atoms with E-state index in [-0.39, 0.29) is 0 Å². The van der Waals surface area contributed by atoms with Crippen molar-refractivity contribution in [1.29, 1.82) is 5.26 Å². The smallest absolute Gasteiger partial charge is 0.408 e. The number of benzene rings is 1. The zero-order chi connectivity index (χ0) is 25.6. The summed E-state index contributed by atoms with van der Waals surface area (Å²) in [5.74, 6) is -1.26. The first-order valence-corrected chi connectivity index (χ1v) is 10.8. The Labute approximate surface area is 196 Å². The number of nitrogens with one attached hydrogen (secondary N) is 2. The van der Waals surface area contributed by atoms with Gasteiger partial charge in [0.2, 0.25) is 11.8 Å². The van der Waals surface area contributed by atoms with Crippen molar-refractivity contribution in [3.05, 3.63) is 34.9 Å². The van der Waals surface area contributed by atoms with Crippen LogP contribution in [0.2, 0.25) is 0 Å². The van der Waals surface area contributed by atoms with Gasteiger partial charge in [-0.1, -0.05) is 18.2 Å². The number of carbonyl (C=O) groups is 3. The summed E-state index contributed by atoms with van der Waals surface area (Å²) in [4.78, 5) is 40.1. The van der Waals surface area contributed by atoms with Crippen molar-refractivity contribution in [2.75, 3.05) is 13.2 Å². The summed E-state index contributed by atoms with van der Waals surface area (Å²) in [6.45, 7) is 13.0. The van der Waals surface area contributed by atoms with Crippen LogP contribution in [0.15, 0.2) is 18.2 Å². The Kier molecular flexibility index (Phi) is 9.43. The molecule has 0 spiro atoms. The van der Waals surface area contributed by atoms with Crippen molar-refractivity contribution < 1.29 is 24.2 Å². The third kappa shape index (κ3) is 8.39. The van der Waals surface area contributed by atoms with Crippen molar-refractivity contribution in [1.82, 2.24) is 15.5 Å². The fraction of sp³-hybridized carbons (Fsp3) is 0.583. The van der Waals surface area contributed by atoms with E-state index in [9.17, 15) is 24.8 Å². The average molecular weight is 461 g/mol. The number of ether oxygens (including phenoxy) is 1. The minimum Gasteiger partial charge on any atom is -0.444 e. The van der Waals surface area contributed by atoms with E-state index in [1.807, 2.05) is 46.8 Å². The third-order valence-electron chi connectivity index (χ3n) is 4.70. The van der Waals surface area contributed by atoms with Gasteiger partial charge in [0.25, 0.3) is 0 Å². The van der Waals surface area contributed by atoms with E-state index in [0.717, 1.165) is 16.0 Å². The quantitative estimate of drug-likeness (QED) is 0.536. The first-order chi connectivity index (χ1) is 15.1. The number of hydrogen-bond acceptors (Lipinski definition) is 6. The number of aliphatic hydroxyl groups excluding tert-OH is 1. The molecule has 0 radical (unpaired) electrons. The van der Waals surface area contributed by atoms with Crippen molar-refractivity contribution in [2.24, 2.45) is 0 Å². The van der Waals surface area contributed by atoms with Gasteiger partial charge in [-0.3, -0.25) is 9.59 Å². The number of hydrogen-bond donors (Lipinski definition) is 3. The molecule has 0 aliphatic heterocycles. The van der Waals surface area contributed by atoms with E-state index < -0.39 is 54.3 Å². The molecule has 2 unspecified atom stereocenters. The molecule has 0 fully saturated rings. The number of nitrogens with zero attached hydrogens (tertiary/aromatic N) is 2. The molecule has 0 saturated carbocycles. The molecule has 9 heteroatoms. The summed E-state index contributed by atoms with van der Waals surface area (Å²) in [6.07, 6.45) is -0.894. The maximum absolute atomic E-state index is 13.4. The molecule has 1 aromatic carbocycles. The van der Waals surface area contributed by atoms with Crippen LogP contribution in [-0.2, 0) is 14.3 Å². The first-order valence-electron chi connectivity index (χ1n) is 10.8. The molecule has 1 aromatic rings. The van der Waals surface area contributed by atoms with Gasteiger partial charge in [-0.15, -0.1) is 0 Å². The van der Waals surface area contributed by atoms with E-state index in [2.05, 4.69) is 10.6 Å². The molecule has 182 valence electrons. The monoisotopic (exact) mass is 460 g/mol. The van der Waals surface area contributed by atoms with Crippen LogP contribution in [0.4, 0.5) is 4.79 Å². The highest BCUT2D eigenvalue weighted by Gasteiger charge is 2.37. The van der Waals surface area contributed by atoms with Crippen LogP contribution in [0.25, 0.3) is 0 Å². The average Bonchev–Trinajstić information content (AvgIpc) is 2.65. The zero-order valence-corrected chi connectivity index (χ0v) is 20.8. The number of rotatable bonds is 7. The van der Waals surface area contributed by atoms with Crippen LogP contribution < -0.4 is 10.6 Å². The van der Waals surface area contributed by atoms with Gasteiger partial charge < -0.3 is 25.4 Å². The molecule has 1 rings (SSSR count). The number of alkyl carbamates (subject to hydrolysis) is 1. The van der Waals surface area contributed by atoms with Crippen LogP contribution in [-0.4, -0.2) is 58.2 Å². The molecule has 0 heterocycles. The summed E-state index contributed by atoms with van der Waals surface area (Å²) in [6, 6.07) is 4.75. The molecule has 9 nitrogen and oxygen atoms in total. The predicted molar refractivity (Wildman–Crippen MR) is 124 cm³/mol. The minimum absolute atomic E-state index is 0.430. The van der Waals surface area contributed by atoms with Crippen molar-refractivity contribution >= 4 is 17.9 Å². The van der Waals surface area contributed by atoms with Gasteiger partial charge in [0, 0.05) is 5.54 Å². The van der Waals surface area contributed by atoms with Gasteiger partial charge in [-0.25, -0.2) is 4.79 Å². The van der Waals surface area contributed by atoms with Crippen LogP contribution in [0, 0.1) is 25.2 Å². The largest absolute Gasteiger partial charge is 0.444 e. The van der Waals surface area contributed by atoms with E-state index in [0.29, 0.717) is 5.56 Å². The topological polar surface area (TPSA) is 132 Å². The van der Waals surface area contributed by atoms with Gasteiger partial charge in [0.1, 0.15) is 24.2 Å². The van der Waals surface area contributed by atoms with Gasteiger partial charge in [-0.05, 0) is 72.1 Å². The van der Waals surface area contributed by atoms with Gasteiger partial charge in [0.05, 0.1) is 12.7 Å². The Hall–Kier alpha value is -3.12. The lowest BCUT2D eigenvalue weighted by atomic mass is 9.94. The Bertz CT molecular complexity index is 909. The van der Waals surface area contributed by atoms with Crippen LogP contribution >= 0.6 is 0 Å². The standard InChI is InChI=1S/C24H36N4O5/c1-15-10-9-11-17(16(15)2)19(20(30)27-23(3,4)5)28(13-12-25)21(31)18(14-29)26-22(32)33-24(6,7)8/h9-11,18-19,29H,13-14H2,1-8H3,(H,26,32)(H,27,30). The minimum atomic E-state index is -1.40. The number of carbonyl (C=O) groups excluding carboxylic acids is 3. The van der Waals surface area contributed by atoms with Crippen LogP contribution in [0.5, 0.6) is 0 Å². The highest BCUT2D eigenvalue weighted by atomic mass is 16.6. The fourth-order valence-corrected chi connectivity index (χ4v) is 3.17. The summed E-state index contributed by atoms with van der Waals surface area (Å²) >= 11 is 0. The zero-order valence-electron chi connectivity index (χ0n) is 20.8. The summed E-state index contributed by atoms with van der Waals surface area (Å²) in [5.41, 5.74) is 0.848. The molecule has 0 aromatic heterocycles. The fourth-order valence-electron chi connectivity index (χ4n) is 3.17. The lowest BCUT2D eigenvalue weighted by Gasteiger charge is -2.35. The lowest BCUT2D eigenvalue weighted by Crippen LogP contribution is -2.55. The normalized spacial score (nSPS) is 13.3. The summed E-state index contributed by atoms with van der Waals surface area (Å²) in [5, 5.41) is 24.5. The Balaban J connectivity index is 3.47. The van der Waals surface area contributed by atoms with Crippen molar-refractivity contribution in [3.63, 3.8) is 0 Å². The van der Waals surface area contributed by atoms with E-state index in [4.69, 9.17) is 4.74 Å². The predicted octanol–water partition coefficient (Wildman–Crippen LogP) is 2.50. The second-order valence-electron chi connectivity index (χ2n) is 9.94. The third-order valence-corrected chi connectivity index (χ3v) is 4.70. The maximum atomic E-state index is 13.4. The second kappa shape index (κ2) is 11.1. The first kappa shape index (κ1) is 27.9. The Morgan fingerprint density at radius 1 is 1.15 bits per heavy atom. The van der Waals surface area contributed by atoms with Gasteiger partial charge in [-0.2, -0.15) is 5.26 Å². The Morgan fingerprint density at radius 3 is 2.24 bits per heavy atom. The molecule has 0 saturated heterocycles. The molecule has 3 N–H and O–H groups in total. The molecule has 0 aliphatic rings. The summed E-state index contributed by atoms with van der Waals surface area (Å²) in [7, 11) is 0. The molecule has 0 bridgehead atoms. The number of amides is 3. The van der Waals surface area contributed by atoms with E-state index in [1.165, 1.54) is 0 Å². The van der Waals surface area contributed by atoms with Gasteiger partial charge in [0.15, 0.2) is 0 Å². The SMILES string of the molecule is Cc1cccc(C(C(=O)NC(C)(C)C)N(CC#N)C(=O)C(CO)NC(=O)OC(C)(C)C)c1C. The van der Waals surface area contributed by atoms with E-state index in [1.54, 1.807) is 32.9 Å². The molecule has 2 atom stereocenters. The van der Waals surface area contributed by atoms with Crippen molar-refractivity contribution in [2.45, 2.75) is 78.6 Å². The van der Waals surface area contributed by atoms with Crippen LogP contribution in [0.3, 0.4) is 0 Å². The second-order valence-corrected chi connectivity index (χ2v) is 9.94. The lowest BCUT2D eigenvalue weighted by molar-refractivity contribution is -0.143. The van der Waals surface area contributed by atoms with E-state index >= 15 is 0 Å². The highest BCUT2D eigenvalue weighted by Crippen LogP contribution is 2.27.